The number of aliphatic carboxylic acids is 2. The minimum absolute atomic E-state index is 0. The topological polar surface area (TPSA) is 100 Å². The summed E-state index contributed by atoms with van der Waals surface area (Å²) in [6, 6.07) is 8.22. The summed E-state index contributed by atoms with van der Waals surface area (Å²) >= 11 is 0. The number of carboxylic acids is 2. The Morgan fingerprint density at radius 3 is 1.00 bits per heavy atom. The Labute approximate surface area is 175 Å². The third-order valence-electron chi connectivity index (χ3n) is 3.28. The second-order valence-electron chi connectivity index (χ2n) is 7.58. The molecule has 6 nitrogen and oxygen atoms in total. The second-order valence-corrected chi connectivity index (χ2v) is 7.58. The predicted octanol–water partition coefficient (Wildman–Crippen LogP) is 3.91. The number of nitrogens with zero attached hydrogens (tertiary/aromatic N) is 2. The van der Waals surface area contributed by atoms with E-state index in [1.807, 2.05) is 24.8 Å². The molecule has 27 heavy (non-hydrogen) atoms. The molecular weight excluding hydrogens is 527 g/mol. The molecule has 0 aliphatic carbocycles. The number of hydrogen-bond acceptors (Lipinski definition) is 4. The number of aromatic nitrogens is 2. The fourth-order valence-corrected chi connectivity index (χ4v) is 1.70. The van der Waals surface area contributed by atoms with Crippen molar-refractivity contribution < 1.29 is 40.9 Å². The first-order valence-electron chi connectivity index (χ1n) is 8.13. The Bertz CT molecular complexity index is 617. The Kier molecular flexibility index (Phi) is 12.4. The van der Waals surface area contributed by atoms with Gasteiger partial charge in [-0.1, -0.05) is 41.5 Å². The summed E-state index contributed by atoms with van der Waals surface area (Å²) in [5.41, 5.74) is 3.18. The van der Waals surface area contributed by atoms with Crippen LogP contribution < -0.4 is 0 Å². The van der Waals surface area contributed by atoms with E-state index in [1.54, 1.807) is 0 Å². The molecule has 2 heterocycles. The number of pyridine rings is 2. The quantitative estimate of drug-likeness (QED) is 0.479. The van der Waals surface area contributed by atoms with Crippen molar-refractivity contribution in [3.05, 3.63) is 60.2 Å². The predicted molar refractivity (Wildman–Crippen MR) is 101 cm³/mol. The van der Waals surface area contributed by atoms with Crippen LogP contribution in [-0.4, -0.2) is 32.1 Å². The largest absolute Gasteiger partial charge is 0.473 e. The molecular formula is C20H28N2O4Pt. The average Bonchev–Trinajstić information content (AvgIpc) is 2.56. The molecule has 0 spiro atoms. The summed E-state index contributed by atoms with van der Waals surface area (Å²) in [4.78, 5) is 26.1. The van der Waals surface area contributed by atoms with E-state index in [0.29, 0.717) is 0 Å². The Balaban J connectivity index is 0. The van der Waals surface area contributed by atoms with Crippen molar-refractivity contribution in [2.75, 3.05) is 0 Å². The molecule has 2 rings (SSSR count). The van der Waals surface area contributed by atoms with Crippen LogP contribution in [0.4, 0.5) is 0 Å². The van der Waals surface area contributed by atoms with Gasteiger partial charge in [0.15, 0.2) is 0 Å². The van der Waals surface area contributed by atoms with Gasteiger partial charge in [0.25, 0.3) is 0 Å². The Morgan fingerprint density at radius 2 is 0.889 bits per heavy atom. The average molecular weight is 556 g/mol. The van der Waals surface area contributed by atoms with Gasteiger partial charge in [-0.15, -0.1) is 0 Å². The van der Waals surface area contributed by atoms with Crippen molar-refractivity contribution in [1.29, 1.82) is 0 Å². The molecule has 0 saturated heterocycles. The van der Waals surface area contributed by atoms with Gasteiger partial charge in [0, 0.05) is 45.9 Å². The molecule has 0 aromatic carbocycles. The zero-order valence-corrected chi connectivity index (χ0v) is 18.8. The van der Waals surface area contributed by atoms with Gasteiger partial charge in [0.05, 0.1) is 0 Å². The van der Waals surface area contributed by atoms with Crippen molar-refractivity contribution in [3.63, 3.8) is 0 Å². The summed E-state index contributed by atoms with van der Waals surface area (Å²) in [7, 11) is 0. The van der Waals surface area contributed by atoms with Crippen LogP contribution in [-0.2, 0) is 41.5 Å². The fourth-order valence-electron chi connectivity index (χ4n) is 1.70. The molecule has 0 atom stereocenters. The molecule has 2 N–H and O–H groups in total. The molecule has 0 unspecified atom stereocenters. The summed E-state index contributed by atoms with van der Waals surface area (Å²) in [5, 5.41) is 14.8. The van der Waals surface area contributed by atoms with Gasteiger partial charge in [0.2, 0.25) is 0 Å². The van der Waals surface area contributed by atoms with Crippen LogP contribution in [0.25, 0.3) is 0 Å². The van der Waals surface area contributed by atoms with Crippen molar-refractivity contribution in [2.24, 2.45) is 0 Å². The third-order valence-corrected chi connectivity index (χ3v) is 3.28. The van der Waals surface area contributed by atoms with Gasteiger partial charge in [0.1, 0.15) is 0 Å². The number of carboxylic acid groups (broad SMARTS) is 2. The van der Waals surface area contributed by atoms with Gasteiger partial charge < -0.3 is 10.2 Å². The zero-order valence-electron chi connectivity index (χ0n) is 16.5. The Morgan fingerprint density at radius 1 is 0.667 bits per heavy atom. The summed E-state index contributed by atoms with van der Waals surface area (Å²) < 4.78 is 0. The van der Waals surface area contributed by atoms with Crippen LogP contribution in [0.1, 0.15) is 52.7 Å². The van der Waals surface area contributed by atoms with Crippen LogP contribution in [0.5, 0.6) is 0 Å². The maximum atomic E-state index is 9.10. The molecule has 0 aliphatic heterocycles. The smallest absolute Gasteiger partial charge is 0.414 e. The standard InChI is InChI=1S/2C9H13N.C2H2O4.Pt/c2*1-9(2,3)8-4-6-10-7-5-8;3-1(4)2(5)6;/h2*4-7H,1-3H3;(H,3,4)(H,5,6);. The first-order chi connectivity index (χ1) is 11.9. The van der Waals surface area contributed by atoms with Gasteiger partial charge >= 0.3 is 11.9 Å². The molecule has 152 valence electrons. The molecule has 2 aromatic heterocycles. The molecule has 0 bridgehead atoms. The van der Waals surface area contributed by atoms with E-state index in [0.717, 1.165) is 0 Å². The minimum Gasteiger partial charge on any atom is -0.473 e. The Hall–Kier alpha value is -2.07. The van der Waals surface area contributed by atoms with E-state index in [2.05, 4.69) is 75.8 Å². The minimum atomic E-state index is -1.82. The zero-order chi connectivity index (χ0) is 20.4. The van der Waals surface area contributed by atoms with E-state index in [-0.39, 0.29) is 31.9 Å². The monoisotopic (exact) mass is 555 g/mol. The van der Waals surface area contributed by atoms with E-state index in [1.165, 1.54) is 11.1 Å². The van der Waals surface area contributed by atoms with Gasteiger partial charge in [-0.3, -0.25) is 9.97 Å². The van der Waals surface area contributed by atoms with E-state index in [4.69, 9.17) is 19.8 Å². The van der Waals surface area contributed by atoms with Crippen molar-refractivity contribution in [1.82, 2.24) is 9.97 Å². The maximum Gasteiger partial charge on any atom is 0.414 e. The molecule has 0 amide bonds. The van der Waals surface area contributed by atoms with E-state index in [9.17, 15) is 0 Å². The van der Waals surface area contributed by atoms with E-state index >= 15 is 0 Å². The fraction of sp³-hybridized carbons (Fsp3) is 0.400. The van der Waals surface area contributed by atoms with Crippen molar-refractivity contribution in [3.8, 4) is 0 Å². The molecule has 2 aromatic rings. The molecule has 0 aliphatic rings. The molecule has 0 radical (unpaired) electrons. The SMILES string of the molecule is CC(C)(C)c1ccncc1.CC(C)(C)c1ccncc1.O=C(O)C(=O)O.[Pt]. The van der Waals surface area contributed by atoms with Crippen LogP contribution in [0, 0.1) is 0 Å². The molecule has 0 saturated carbocycles. The summed E-state index contributed by atoms with van der Waals surface area (Å²) in [5.74, 6) is -3.65. The van der Waals surface area contributed by atoms with E-state index < -0.39 is 11.9 Å². The number of carbonyl (C=O) groups is 2. The number of rotatable bonds is 0. The van der Waals surface area contributed by atoms with Crippen LogP contribution in [0.15, 0.2) is 49.1 Å². The maximum absolute atomic E-state index is 9.10. The van der Waals surface area contributed by atoms with Crippen molar-refractivity contribution in [2.45, 2.75) is 52.4 Å². The van der Waals surface area contributed by atoms with Gasteiger partial charge in [-0.25, -0.2) is 9.59 Å². The van der Waals surface area contributed by atoms with Gasteiger partial charge in [-0.2, -0.15) is 0 Å². The normalized spacial score (nSPS) is 10.1. The van der Waals surface area contributed by atoms with Crippen LogP contribution in [0.2, 0.25) is 0 Å². The van der Waals surface area contributed by atoms with Gasteiger partial charge in [-0.05, 0) is 46.2 Å². The molecule has 0 fully saturated rings. The third kappa shape index (κ3) is 12.8. The first-order valence-corrected chi connectivity index (χ1v) is 8.13. The van der Waals surface area contributed by atoms with Crippen molar-refractivity contribution >= 4 is 11.9 Å². The molecule has 7 heteroatoms. The first kappa shape index (κ1) is 27.2. The summed E-state index contributed by atoms with van der Waals surface area (Å²) in [6.45, 7) is 13.2. The van der Waals surface area contributed by atoms with Crippen LogP contribution >= 0.6 is 0 Å². The second kappa shape index (κ2) is 12.3. The summed E-state index contributed by atoms with van der Waals surface area (Å²) in [6.07, 6.45) is 7.34. The number of hydrogen-bond donors (Lipinski definition) is 2. The van der Waals surface area contributed by atoms with Crippen LogP contribution in [0.3, 0.4) is 0 Å².